The van der Waals surface area contributed by atoms with Crippen LogP contribution in [-0.4, -0.2) is 33.2 Å². The molecule has 1 atom stereocenters. The summed E-state index contributed by atoms with van der Waals surface area (Å²) >= 11 is 0. The number of likely N-dealkylation sites (tertiary alicyclic amines) is 1. The monoisotopic (exact) mass is 328 g/mol. The molecule has 3 heterocycles. The van der Waals surface area contributed by atoms with Crippen molar-refractivity contribution in [3.63, 3.8) is 0 Å². The zero-order chi connectivity index (χ0) is 17.3. The van der Waals surface area contributed by atoms with Crippen LogP contribution >= 0.6 is 0 Å². The average molecular weight is 328 g/mol. The minimum atomic E-state index is -1.11. The molecule has 2 aromatic rings. The number of rotatable bonds is 2. The Hall–Kier alpha value is -2.52. The van der Waals surface area contributed by atoms with Crippen LogP contribution in [0.2, 0.25) is 0 Å². The molecule has 0 aliphatic carbocycles. The predicted molar refractivity (Wildman–Crippen MR) is 86.1 cm³/mol. The van der Waals surface area contributed by atoms with E-state index < -0.39 is 5.60 Å². The van der Waals surface area contributed by atoms with E-state index in [0.29, 0.717) is 12.3 Å². The maximum absolute atomic E-state index is 12.7. The number of aliphatic hydroxyl groups is 1. The van der Waals surface area contributed by atoms with E-state index in [1.807, 2.05) is 13.0 Å². The molecule has 6 heteroatoms. The maximum atomic E-state index is 12.7. The van der Waals surface area contributed by atoms with Crippen LogP contribution in [0.3, 0.4) is 0 Å². The molecule has 1 amide bonds. The molecule has 1 aliphatic rings. The van der Waals surface area contributed by atoms with Gasteiger partial charge in [-0.05, 0) is 51.7 Å². The van der Waals surface area contributed by atoms with Crippen LogP contribution in [-0.2, 0) is 0 Å². The van der Waals surface area contributed by atoms with Crippen LogP contribution in [0.25, 0.3) is 0 Å². The van der Waals surface area contributed by atoms with Gasteiger partial charge in [-0.2, -0.15) is 0 Å². The van der Waals surface area contributed by atoms with Gasteiger partial charge >= 0.3 is 0 Å². The van der Waals surface area contributed by atoms with Crippen LogP contribution in [0.15, 0.2) is 27.1 Å². The van der Waals surface area contributed by atoms with Gasteiger partial charge in [0.05, 0.1) is 6.04 Å². The Morgan fingerprint density at radius 1 is 1.46 bits per heavy atom. The Kier molecular flexibility index (Phi) is 4.20. The van der Waals surface area contributed by atoms with Gasteiger partial charge in [0, 0.05) is 12.6 Å². The highest BCUT2D eigenvalue weighted by Gasteiger charge is 2.33. The summed E-state index contributed by atoms with van der Waals surface area (Å²) in [5, 5.41) is 13.7. The first kappa shape index (κ1) is 16.3. The Morgan fingerprint density at radius 2 is 2.25 bits per heavy atom. The van der Waals surface area contributed by atoms with E-state index >= 15 is 0 Å². The van der Waals surface area contributed by atoms with Gasteiger partial charge in [-0.1, -0.05) is 11.1 Å². The number of carbonyl (C=O) groups excluding carboxylic acids is 1. The third-order valence-electron chi connectivity index (χ3n) is 3.81. The molecule has 126 valence electrons. The number of hydrogen-bond acceptors (Lipinski definition) is 5. The lowest BCUT2D eigenvalue weighted by Crippen LogP contribution is -2.30. The largest absolute Gasteiger partial charge is 0.443 e. The molecule has 6 nitrogen and oxygen atoms in total. The van der Waals surface area contributed by atoms with Crippen molar-refractivity contribution in [2.24, 2.45) is 0 Å². The molecule has 0 radical (unpaired) electrons. The van der Waals surface area contributed by atoms with Crippen molar-refractivity contribution in [1.29, 1.82) is 0 Å². The van der Waals surface area contributed by atoms with Gasteiger partial charge in [0.15, 0.2) is 11.5 Å². The van der Waals surface area contributed by atoms with E-state index in [-0.39, 0.29) is 17.7 Å². The van der Waals surface area contributed by atoms with Crippen LogP contribution in [0.4, 0.5) is 0 Å². The van der Waals surface area contributed by atoms with Gasteiger partial charge in [0.2, 0.25) is 0 Å². The van der Waals surface area contributed by atoms with Crippen LogP contribution in [0, 0.1) is 18.8 Å². The fourth-order valence-corrected chi connectivity index (χ4v) is 2.74. The maximum Gasteiger partial charge on any atom is 0.290 e. The summed E-state index contributed by atoms with van der Waals surface area (Å²) in [6.07, 6.45) is 1.76. The lowest BCUT2D eigenvalue weighted by molar-refractivity contribution is 0.0698. The molecule has 24 heavy (non-hydrogen) atoms. The number of nitrogens with zero attached hydrogens (tertiary/aromatic N) is 2. The van der Waals surface area contributed by atoms with E-state index in [2.05, 4.69) is 17.0 Å². The summed E-state index contributed by atoms with van der Waals surface area (Å²) in [6, 6.07) is 5.02. The average Bonchev–Trinajstić information content (AvgIpc) is 3.23. The molecule has 1 N–H and O–H groups in total. The number of aromatic nitrogens is 1. The van der Waals surface area contributed by atoms with Crippen LogP contribution in [0.1, 0.15) is 60.5 Å². The minimum absolute atomic E-state index is 0.0917. The molecule has 0 saturated carbocycles. The van der Waals surface area contributed by atoms with E-state index in [1.165, 1.54) is 0 Å². The first-order valence-electron chi connectivity index (χ1n) is 7.93. The van der Waals surface area contributed by atoms with Crippen molar-refractivity contribution >= 4 is 5.91 Å². The number of carbonyl (C=O) groups is 1. The molecule has 1 saturated heterocycles. The second-order valence-electron chi connectivity index (χ2n) is 6.49. The fraction of sp³-hybridized carbons (Fsp3) is 0.444. The zero-order valence-electron chi connectivity index (χ0n) is 14.0. The SMILES string of the molecule is Cc1cc(C2CCCN2C(=O)c2ccc(C#CC(C)(C)O)o2)no1. The Morgan fingerprint density at radius 3 is 2.92 bits per heavy atom. The molecular formula is C18H20N2O4. The van der Waals surface area contributed by atoms with Crippen molar-refractivity contribution in [2.75, 3.05) is 6.54 Å². The van der Waals surface area contributed by atoms with Gasteiger partial charge in [-0.3, -0.25) is 4.79 Å². The third kappa shape index (κ3) is 3.52. The number of hydrogen-bond donors (Lipinski definition) is 1. The van der Waals surface area contributed by atoms with Crippen LogP contribution in [0.5, 0.6) is 0 Å². The number of furan rings is 1. The molecule has 1 unspecified atom stereocenters. The van der Waals surface area contributed by atoms with Crippen LogP contribution < -0.4 is 0 Å². The predicted octanol–water partition coefficient (Wildman–Crippen LogP) is 2.68. The van der Waals surface area contributed by atoms with E-state index in [4.69, 9.17) is 8.94 Å². The fourth-order valence-electron chi connectivity index (χ4n) is 2.74. The summed E-state index contributed by atoms with van der Waals surface area (Å²) in [5.41, 5.74) is -0.339. The summed E-state index contributed by atoms with van der Waals surface area (Å²) in [6.45, 7) is 5.66. The lowest BCUT2D eigenvalue weighted by atomic mass is 10.1. The Bertz CT molecular complexity index is 801. The number of amides is 1. The summed E-state index contributed by atoms with van der Waals surface area (Å²) in [4.78, 5) is 14.5. The summed E-state index contributed by atoms with van der Waals surface area (Å²) in [5.74, 6) is 6.53. The van der Waals surface area contributed by atoms with Crippen molar-refractivity contribution in [2.45, 2.75) is 45.3 Å². The van der Waals surface area contributed by atoms with Crippen molar-refractivity contribution in [3.05, 3.63) is 41.2 Å². The van der Waals surface area contributed by atoms with Gasteiger partial charge in [-0.25, -0.2) is 0 Å². The van der Waals surface area contributed by atoms with Crippen molar-refractivity contribution < 1.29 is 18.8 Å². The van der Waals surface area contributed by atoms with E-state index in [0.717, 1.165) is 24.3 Å². The second kappa shape index (κ2) is 6.17. The van der Waals surface area contributed by atoms with Crippen molar-refractivity contribution in [3.8, 4) is 11.8 Å². The van der Waals surface area contributed by atoms with Crippen molar-refractivity contribution in [1.82, 2.24) is 10.1 Å². The highest BCUT2D eigenvalue weighted by atomic mass is 16.5. The Labute approximate surface area is 140 Å². The second-order valence-corrected chi connectivity index (χ2v) is 6.49. The topological polar surface area (TPSA) is 79.7 Å². The quantitative estimate of drug-likeness (QED) is 0.857. The molecule has 1 aliphatic heterocycles. The highest BCUT2D eigenvalue weighted by molar-refractivity contribution is 5.92. The molecule has 0 aromatic carbocycles. The highest BCUT2D eigenvalue weighted by Crippen LogP contribution is 2.32. The van der Waals surface area contributed by atoms with E-state index in [9.17, 15) is 9.90 Å². The van der Waals surface area contributed by atoms with E-state index in [1.54, 1.807) is 30.9 Å². The molecule has 0 bridgehead atoms. The minimum Gasteiger partial charge on any atom is -0.443 e. The molecule has 3 rings (SSSR count). The van der Waals surface area contributed by atoms with Gasteiger partial charge in [0.25, 0.3) is 5.91 Å². The van der Waals surface area contributed by atoms with Gasteiger partial charge < -0.3 is 18.9 Å². The summed E-state index contributed by atoms with van der Waals surface area (Å²) in [7, 11) is 0. The smallest absolute Gasteiger partial charge is 0.290 e. The lowest BCUT2D eigenvalue weighted by Gasteiger charge is -2.21. The normalized spacial score (nSPS) is 17.7. The third-order valence-corrected chi connectivity index (χ3v) is 3.81. The summed E-state index contributed by atoms with van der Waals surface area (Å²) < 4.78 is 10.6. The number of aryl methyl sites for hydroxylation is 1. The van der Waals surface area contributed by atoms with Gasteiger partial charge in [-0.15, -0.1) is 0 Å². The molecule has 2 aromatic heterocycles. The first-order valence-corrected chi connectivity index (χ1v) is 7.93. The van der Waals surface area contributed by atoms with Gasteiger partial charge in [0.1, 0.15) is 17.1 Å². The Balaban J connectivity index is 1.78. The molecule has 1 fully saturated rings. The standard InChI is InChI=1S/C18H20N2O4/c1-12-11-14(19-24-12)15-5-4-10-20(15)17(21)16-7-6-13(23-16)8-9-18(2,3)22/h6-7,11,15,22H,4-5,10H2,1-3H3. The first-order chi connectivity index (χ1) is 11.3. The molecular weight excluding hydrogens is 308 g/mol. The molecule has 0 spiro atoms. The zero-order valence-corrected chi connectivity index (χ0v) is 14.0.